The Labute approximate surface area is 206 Å². The molecule has 0 saturated carbocycles. The van der Waals surface area contributed by atoms with Gasteiger partial charge >= 0.3 is 0 Å². The zero-order valence-electron chi connectivity index (χ0n) is 20.0. The summed E-state index contributed by atoms with van der Waals surface area (Å²) in [5.74, 6) is -0.250. The maximum absolute atomic E-state index is 13.7. The minimum Gasteiger partial charge on any atom is -0.353 e. The number of fused-ring (bicyclic) bond motifs is 1. The smallest absolute Gasteiger partial charge is 0.245 e. The summed E-state index contributed by atoms with van der Waals surface area (Å²) in [5, 5.41) is 0.741. The highest BCUT2D eigenvalue weighted by Crippen LogP contribution is 2.24. The van der Waals surface area contributed by atoms with E-state index in [0.29, 0.717) is 25.0 Å². The lowest BCUT2D eigenvalue weighted by Gasteiger charge is -2.27. The maximum atomic E-state index is 13.7. The Bertz CT molecular complexity index is 1390. The van der Waals surface area contributed by atoms with Crippen molar-refractivity contribution < 1.29 is 13.2 Å². The summed E-state index contributed by atoms with van der Waals surface area (Å²) >= 11 is 0. The van der Waals surface area contributed by atoms with Crippen LogP contribution < -0.4 is 0 Å². The van der Waals surface area contributed by atoms with Crippen molar-refractivity contribution in [1.82, 2.24) is 18.8 Å². The molecule has 0 unspecified atom stereocenters. The van der Waals surface area contributed by atoms with Gasteiger partial charge in [-0.25, -0.2) is 8.42 Å². The fraction of sp³-hybridized carbons (Fsp3) is 0.259. The zero-order chi connectivity index (χ0) is 24.8. The van der Waals surface area contributed by atoms with E-state index in [0.717, 1.165) is 16.6 Å². The van der Waals surface area contributed by atoms with Crippen LogP contribution in [-0.4, -0.2) is 46.2 Å². The van der Waals surface area contributed by atoms with Gasteiger partial charge in [0.2, 0.25) is 15.9 Å². The Kier molecular flexibility index (Phi) is 7.63. The van der Waals surface area contributed by atoms with Gasteiger partial charge in [-0.2, -0.15) is 4.31 Å². The first-order chi connectivity index (χ1) is 16.9. The molecule has 7 nitrogen and oxygen atoms in total. The van der Waals surface area contributed by atoms with Crippen LogP contribution in [-0.2, 0) is 35.0 Å². The van der Waals surface area contributed by atoms with Gasteiger partial charge in [0.15, 0.2) is 0 Å². The Morgan fingerprint density at radius 1 is 0.943 bits per heavy atom. The van der Waals surface area contributed by atoms with Crippen molar-refractivity contribution in [2.45, 2.75) is 31.3 Å². The molecule has 0 fully saturated rings. The normalized spacial score (nSPS) is 11.7. The summed E-state index contributed by atoms with van der Waals surface area (Å²) in [6.07, 6.45) is 4.10. The third-order valence-electron chi connectivity index (χ3n) is 5.97. The van der Waals surface area contributed by atoms with Crippen LogP contribution in [0.5, 0.6) is 0 Å². The summed E-state index contributed by atoms with van der Waals surface area (Å²) in [4.78, 5) is 19.8. The van der Waals surface area contributed by atoms with E-state index in [1.165, 1.54) is 4.31 Å². The molecule has 2 heterocycles. The number of hydrogen-bond donors (Lipinski definition) is 0. The lowest BCUT2D eigenvalue weighted by molar-refractivity contribution is -0.132. The second kappa shape index (κ2) is 10.8. The number of pyridine rings is 1. The van der Waals surface area contributed by atoms with Crippen LogP contribution in [0.3, 0.4) is 0 Å². The Hall–Kier alpha value is -3.49. The van der Waals surface area contributed by atoms with E-state index in [2.05, 4.69) is 4.98 Å². The van der Waals surface area contributed by atoms with E-state index in [1.807, 2.05) is 79.3 Å². The summed E-state index contributed by atoms with van der Waals surface area (Å²) in [6.45, 7) is 2.67. The van der Waals surface area contributed by atoms with Crippen LogP contribution in [0, 0.1) is 0 Å². The predicted octanol–water partition coefficient (Wildman–Crippen LogP) is 4.20. The molecule has 0 atom stereocenters. The van der Waals surface area contributed by atoms with Crippen LogP contribution in [0.15, 0.2) is 90.1 Å². The number of benzene rings is 2. The van der Waals surface area contributed by atoms with E-state index in [4.69, 9.17) is 0 Å². The number of sulfonamides is 1. The number of hydrogen-bond acceptors (Lipinski definition) is 4. The average Bonchev–Trinajstić information content (AvgIpc) is 3.27. The third kappa shape index (κ3) is 5.61. The maximum Gasteiger partial charge on any atom is 0.245 e. The van der Waals surface area contributed by atoms with Gasteiger partial charge in [-0.15, -0.1) is 0 Å². The predicted molar refractivity (Wildman–Crippen MR) is 137 cm³/mol. The standard InChI is InChI=1S/C27H30N4O3S/c1-3-17-31(35(33,34)25-15-7-12-23-13-8-16-28-27(23)25)21-26(32)30(19-22-10-5-4-6-11-22)20-24-14-9-18-29(24)2/h4-16,18H,3,17,19-21H2,1-2H3. The SMILES string of the molecule is CCCN(CC(=O)N(Cc1ccccc1)Cc1cccn1C)S(=O)(=O)c1cccc2cccnc12. The van der Waals surface area contributed by atoms with E-state index in [9.17, 15) is 13.2 Å². The first kappa shape index (κ1) is 24.6. The van der Waals surface area contributed by atoms with Crippen molar-refractivity contribution in [3.05, 3.63) is 96.4 Å². The van der Waals surface area contributed by atoms with E-state index >= 15 is 0 Å². The molecule has 35 heavy (non-hydrogen) atoms. The van der Waals surface area contributed by atoms with Crippen LogP contribution in [0.2, 0.25) is 0 Å². The fourth-order valence-electron chi connectivity index (χ4n) is 4.10. The molecule has 4 rings (SSSR count). The minimum atomic E-state index is -3.94. The Morgan fingerprint density at radius 3 is 2.43 bits per heavy atom. The van der Waals surface area contributed by atoms with Crippen molar-refractivity contribution >= 4 is 26.8 Å². The van der Waals surface area contributed by atoms with Crippen LogP contribution in [0.1, 0.15) is 24.6 Å². The molecule has 0 spiro atoms. The van der Waals surface area contributed by atoms with Gasteiger partial charge in [0, 0.05) is 43.6 Å². The Morgan fingerprint density at radius 2 is 1.71 bits per heavy atom. The van der Waals surface area contributed by atoms with Crippen LogP contribution >= 0.6 is 0 Å². The van der Waals surface area contributed by atoms with Crippen molar-refractivity contribution in [3.63, 3.8) is 0 Å². The monoisotopic (exact) mass is 490 g/mol. The fourth-order valence-corrected chi connectivity index (χ4v) is 5.75. The van der Waals surface area contributed by atoms with Gasteiger partial charge < -0.3 is 9.47 Å². The highest BCUT2D eigenvalue weighted by molar-refractivity contribution is 7.89. The highest BCUT2D eigenvalue weighted by atomic mass is 32.2. The van der Waals surface area contributed by atoms with E-state index < -0.39 is 10.0 Å². The summed E-state index contributed by atoms with van der Waals surface area (Å²) in [5.41, 5.74) is 2.36. The van der Waals surface area contributed by atoms with Gasteiger partial charge in [-0.05, 0) is 36.2 Å². The van der Waals surface area contributed by atoms with Gasteiger partial charge in [0.1, 0.15) is 4.90 Å². The van der Waals surface area contributed by atoms with E-state index in [-0.39, 0.29) is 23.9 Å². The molecule has 2 aromatic carbocycles. The van der Waals surface area contributed by atoms with Crippen molar-refractivity contribution in [2.75, 3.05) is 13.1 Å². The molecule has 0 aliphatic carbocycles. The van der Waals surface area contributed by atoms with Crippen molar-refractivity contribution in [3.8, 4) is 0 Å². The molecule has 0 aliphatic heterocycles. The van der Waals surface area contributed by atoms with Gasteiger partial charge in [-0.1, -0.05) is 55.5 Å². The Balaban J connectivity index is 1.64. The molecule has 0 radical (unpaired) electrons. The number of nitrogens with zero attached hydrogens (tertiary/aromatic N) is 4. The molecule has 0 bridgehead atoms. The molecule has 2 aromatic heterocycles. The summed E-state index contributed by atoms with van der Waals surface area (Å²) < 4.78 is 30.7. The lowest BCUT2D eigenvalue weighted by Crippen LogP contribution is -2.43. The van der Waals surface area contributed by atoms with Crippen molar-refractivity contribution in [1.29, 1.82) is 0 Å². The molecule has 0 N–H and O–H groups in total. The molecule has 0 saturated heterocycles. The molecule has 4 aromatic rings. The number of para-hydroxylation sites is 1. The first-order valence-corrected chi connectivity index (χ1v) is 13.1. The number of carbonyl (C=O) groups is 1. The number of aromatic nitrogens is 2. The lowest BCUT2D eigenvalue weighted by atomic mass is 10.2. The largest absolute Gasteiger partial charge is 0.353 e. The summed E-state index contributed by atoms with van der Waals surface area (Å²) in [7, 11) is -2.01. The molecule has 0 aliphatic rings. The second-order valence-electron chi connectivity index (χ2n) is 8.52. The summed E-state index contributed by atoms with van der Waals surface area (Å²) in [6, 6.07) is 22.3. The number of aryl methyl sites for hydroxylation is 1. The first-order valence-electron chi connectivity index (χ1n) is 11.7. The molecule has 1 amide bonds. The molecule has 8 heteroatoms. The molecular weight excluding hydrogens is 460 g/mol. The number of rotatable bonds is 10. The topological polar surface area (TPSA) is 75.5 Å². The zero-order valence-corrected chi connectivity index (χ0v) is 20.9. The van der Waals surface area contributed by atoms with Gasteiger partial charge in [0.05, 0.1) is 18.6 Å². The number of carbonyl (C=O) groups excluding carboxylic acids is 1. The highest BCUT2D eigenvalue weighted by Gasteiger charge is 2.30. The van der Waals surface area contributed by atoms with Crippen LogP contribution in [0.25, 0.3) is 10.9 Å². The minimum absolute atomic E-state index is 0.119. The van der Waals surface area contributed by atoms with Gasteiger partial charge in [-0.3, -0.25) is 9.78 Å². The average molecular weight is 491 g/mol. The number of amides is 1. The van der Waals surface area contributed by atoms with E-state index in [1.54, 1.807) is 29.3 Å². The third-order valence-corrected chi connectivity index (χ3v) is 7.85. The molecular formula is C27H30N4O3S. The van der Waals surface area contributed by atoms with Crippen molar-refractivity contribution in [2.24, 2.45) is 7.05 Å². The molecule has 182 valence electrons. The van der Waals surface area contributed by atoms with Crippen LogP contribution in [0.4, 0.5) is 0 Å². The quantitative estimate of drug-likeness (QED) is 0.334. The second-order valence-corrected chi connectivity index (χ2v) is 10.4. The van der Waals surface area contributed by atoms with Gasteiger partial charge in [0.25, 0.3) is 0 Å².